The van der Waals surface area contributed by atoms with E-state index in [0.717, 1.165) is 36.4 Å². The standard InChI is InChI=1S/C16H21BrN2O/c1-3-18-11-13-7-8-14(17)10-16(13)19(4-2)12-15-6-5-9-20-15/h5-10,18H,3-4,11-12H2,1-2H3. The third-order valence-corrected chi connectivity index (χ3v) is 3.76. The van der Waals surface area contributed by atoms with Gasteiger partial charge in [0.2, 0.25) is 0 Å². The van der Waals surface area contributed by atoms with Crippen molar-refractivity contribution in [2.24, 2.45) is 0 Å². The lowest BCUT2D eigenvalue weighted by Crippen LogP contribution is -2.24. The van der Waals surface area contributed by atoms with Crippen molar-refractivity contribution in [3.05, 3.63) is 52.4 Å². The monoisotopic (exact) mass is 336 g/mol. The minimum absolute atomic E-state index is 0.791. The topological polar surface area (TPSA) is 28.4 Å². The number of halogens is 1. The summed E-state index contributed by atoms with van der Waals surface area (Å²) in [5, 5.41) is 3.40. The molecule has 0 spiro atoms. The third-order valence-electron chi connectivity index (χ3n) is 3.26. The Morgan fingerprint density at radius 2 is 2.10 bits per heavy atom. The second-order valence-electron chi connectivity index (χ2n) is 4.65. The fraction of sp³-hybridized carbons (Fsp3) is 0.375. The zero-order chi connectivity index (χ0) is 14.4. The Bertz CT molecular complexity index is 525. The molecule has 0 unspecified atom stereocenters. The number of nitrogens with one attached hydrogen (secondary N) is 1. The third kappa shape index (κ3) is 3.87. The zero-order valence-corrected chi connectivity index (χ0v) is 13.6. The van der Waals surface area contributed by atoms with Crippen LogP contribution in [0.4, 0.5) is 5.69 Å². The highest BCUT2D eigenvalue weighted by molar-refractivity contribution is 9.10. The number of hydrogen-bond acceptors (Lipinski definition) is 3. The van der Waals surface area contributed by atoms with Gasteiger partial charge in [-0.25, -0.2) is 0 Å². The van der Waals surface area contributed by atoms with Crippen molar-refractivity contribution in [3.63, 3.8) is 0 Å². The second kappa shape index (κ2) is 7.50. The van der Waals surface area contributed by atoms with E-state index < -0.39 is 0 Å². The number of furan rings is 1. The summed E-state index contributed by atoms with van der Waals surface area (Å²) in [6.45, 7) is 7.88. The van der Waals surface area contributed by atoms with Gasteiger partial charge in [-0.15, -0.1) is 0 Å². The summed E-state index contributed by atoms with van der Waals surface area (Å²) in [6, 6.07) is 10.4. The lowest BCUT2D eigenvalue weighted by Gasteiger charge is -2.25. The minimum Gasteiger partial charge on any atom is -0.467 e. The van der Waals surface area contributed by atoms with E-state index in [1.807, 2.05) is 12.1 Å². The Labute approximate surface area is 129 Å². The molecule has 1 aromatic carbocycles. The van der Waals surface area contributed by atoms with E-state index in [9.17, 15) is 0 Å². The highest BCUT2D eigenvalue weighted by Crippen LogP contribution is 2.26. The second-order valence-corrected chi connectivity index (χ2v) is 5.56. The lowest BCUT2D eigenvalue weighted by atomic mass is 10.1. The molecule has 0 aliphatic carbocycles. The molecule has 2 rings (SSSR count). The molecule has 0 atom stereocenters. The predicted octanol–water partition coefficient (Wildman–Crippen LogP) is 4.18. The van der Waals surface area contributed by atoms with E-state index in [0.29, 0.717) is 0 Å². The normalized spacial score (nSPS) is 10.8. The van der Waals surface area contributed by atoms with Crippen molar-refractivity contribution in [2.75, 3.05) is 18.0 Å². The molecule has 108 valence electrons. The summed E-state index contributed by atoms with van der Waals surface area (Å²) < 4.78 is 6.57. The van der Waals surface area contributed by atoms with E-state index in [-0.39, 0.29) is 0 Å². The summed E-state index contributed by atoms with van der Waals surface area (Å²) in [6.07, 6.45) is 1.73. The van der Waals surface area contributed by atoms with Crippen LogP contribution in [0.15, 0.2) is 45.5 Å². The molecule has 0 radical (unpaired) electrons. The fourth-order valence-corrected chi connectivity index (χ4v) is 2.55. The van der Waals surface area contributed by atoms with Gasteiger partial charge in [-0.05, 0) is 43.3 Å². The van der Waals surface area contributed by atoms with Gasteiger partial charge in [-0.2, -0.15) is 0 Å². The van der Waals surface area contributed by atoms with Crippen LogP contribution >= 0.6 is 15.9 Å². The molecule has 20 heavy (non-hydrogen) atoms. The predicted molar refractivity (Wildman–Crippen MR) is 87.0 cm³/mol. The average molecular weight is 337 g/mol. The van der Waals surface area contributed by atoms with Crippen LogP contribution in [0.2, 0.25) is 0 Å². The molecule has 4 heteroatoms. The molecule has 0 saturated heterocycles. The SMILES string of the molecule is CCNCc1ccc(Br)cc1N(CC)Cc1ccco1. The summed E-state index contributed by atoms with van der Waals surface area (Å²) in [4.78, 5) is 2.33. The fourth-order valence-electron chi connectivity index (χ4n) is 2.20. The molecule has 0 bridgehead atoms. The van der Waals surface area contributed by atoms with E-state index >= 15 is 0 Å². The van der Waals surface area contributed by atoms with Gasteiger partial charge in [0.15, 0.2) is 0 Å². The number of anilines is 1. The summed E-state index contributed by atoms with van der Waals surface area (Å²) in [5.41, 5.74) is 2.56. The van der Waals surface area contributed by atoms with Crippen LogP contribution in [0.1, 0.15) is 25.2 Å². The van der Waals surface area contributed by atoms with Crippen molar-refractivity contribution in [3.8, 4) is 0 Å². The lowest BCUT2D eigenvalue weighted by molar-refractivity contribution is 0.503. The molecule has 0 amide bonds. The first-order valence-electron chi connectivity index (χ1n) is 7.01. The van der Waals surface area contributed by atoms with Crippen LogP contribution in [0.25, 0.3) is 0 Å². The summed E-state index contributed by atoms with van der Waals surface area (Å²) in [7, 11) is 0. The largest absolute Gasteiger partial charge is 0.467 e. The Balaban J connectivity index is 2.24. The van der Waals surface area contributed by atoms with Crippen LogP contribution in [-0.4, -0.2) is 13.1 Å². The van der Waals surface area contributed by atoms with Crippen LogP contribution in [0, 0.1) is 0 Å². The highest BCUT2D eigenvalue weighted by Gasteiger charge is 2.12. The smallest absolute Gasteiger partial charge is 0.123 e. The highest BCUT2D eigenvalue weighted by atomic mass is 79.9. The Hall–Kier alpha value is -1.26. The van der Waals surface area contributed by atoms with E-state index in [1.165, 1.54) is 11.3 Å². The van der Waals surface area contributed by atoms with Crippen molar-refractivity contribution in [1.29, 1.82) is 0 Å². The number of hydrogen-bond donors (Lipinski definition) is 1. The molecule has 1 aromatic heterocycles. The Morgan fingerprint density at radius 1 is 1.25 bits per heavy atom. The molecular formula is C16H21BrN2O. The molecule has 2 aromatic rings. The van der Waals surface area contributed by atoms with Crippen LogP contribution in [0.5, 0.6) is 0 Å². The van der Waals surface area contributed by atoms with Crippen LogP contribution in [0.3, 0.4) is 0 Å². The number of rotatable bonds is 7. The summed E-state index contributed by atoms with van der Waals surface area (Å²) in [5.74, 6) is 0.987. The van der Waals surface area contributed by atoms with Crippen LogP contribution < -0.4 is 10.2 Å². The van der Waals surface area contributed by atoms with Gasteiger partial charge in [-0.1, -0.05) is 28.9 Å². The van der Waals surface area contributed by atoms with Gasteiger partial charge in [-0.3, -0.25) is 0 Å². The molecule has 0 aliphatic rings. The summed E-state index contributed by atoms with van der Waals surface area (Å²) >= 11 is 3.57. The van der Waals surface area contributed by atoms with Gasteiger partial charge in [0.05, 0.1) is 12.8 Å². The van der Waals surface area contributed by atoms with E-state index in [4.69, 9.17) is 4.42 Å². The maximum Gasteiger partial charge on any atom is 0.123 e. The molecule has 1 heterocycles. The number of nitrogens with zero attached hydrogens (tertiary/aromatic N) is 1. The molecule has 1 N–H and O–H groups in total. The van der Waals surface area contributed by atoms with E-state index in [1.54, 1.807) is 6.26 Å². The quantitative estimate of drug-likeness (QED) is 0.822. The maximum atomic E-state index is 5.47. The zero-order valence-electron chi connectivity index (χ0n) is 12.0. The van der Waals surface area contributed by atoms with Crippen molar-refractivity contribution in [2.45, 2.75) is 26.9 Å². The van der Waals surface area contributed by atoms with E-state index in [2.05, 4.69) is 58.2 Å². The first-order valence-corrected chi connectivity index (χ1v) is 7.80. The van der Waals surface area contributed by atoms with Crippen molar-refractivity contribution in [1.82, 2.24) is 5.32 Å². The van der Waals surface area contributed by atoms with Gasteiger partial charge in [0, 0.05) is 23.2 Å². The van der Waals surface area contributed by atoms with Gasteiger partial charge < -0.3 is 14.6 Å². The molecule has 0 saturated carbocycles. The molecular weight excluding hydrogens is 316 g/mol. The number of benzene rings is 1. The molecule has 3 nitrogen and oxygen atoms in total. The van der Waals surface area contributed by atoms with Crippen molar-refractivity contribution < 1.29 is 4.42 Å². The van der Waals surface area contributed by atoms with Gasteiger partial charge in [0.25, 0.3) is 0 Å². The first-order chi connectivity index (χ1) is 9.74. The van der Waals surface area contributed by atoms with Gasteiger partial charge in [0.1, 0.15) is 5.76 Å². The average Bonchev–Trinajstić information content (AvgIpc) is 2.96. The molecule has 0 aliphatic heterocycles. The maximum absolute atomic E-state index is 5.47. The van der Waals surface area contributed by atoms with Gasteiger partial charge >= 0.3 is 0 Å². The van der Waals surface area contributed by atoms with Crippen LogP contribution in [-0.2, 0) is 13.1 Å². The molecule has 0 fully saturated rings. The van der Waals surface area contributed by atoms with Crippen molar-refractivity contribution >= 4 is 21.6 Å². The first kappa shape index (κ1) is 15.1. The minimum atomic E-state index is 0.791. The Kier molecular flexibility index (Phi) is 5.68. The Morgan fingerprint density at radius 3 is 2.75 bits per heavy atom.